The fraction of sp³-hybridized carbons (Fsp3) is 0.462. The smallest absolute Gasteiger partial charge is 0.335 e. The summed E-state index contributed by atoms with van der Waals surface area (Å²) in [4.78, 5) is 10.6. The molecule has 0 amide bonds. The summed E-state index contributed by atoms with van der Waals surface area (Å²) in [5.41, 5.74) is -0.467. The summed E-state index contributed by atoms with van der Waals surface area (Å²) in [7, 11) is -3.94. The van der Waals surface area contributed by atoms with Crippen molar-refractivity contribution in [3.05, 3.63) is 29.1 Å². The van der Waals surface area contributed by atoms with Gasteiger partial charge in [-0.1, -0.05) is 0 Å². The molecule has 1 fully saturated rings. The molecule has 5 nitrogen and oxygen atoms in total. The summed E-state index contributed by atoms with van der Waals surface area (Å²) in [6.45, 7) is 1.58. The lowest BCUT2D eigenvalue weighted by Gasteiger charge is -2.15. The number of carbonyl (C=O) groups is 1. The highest BCUT2D eigenvalue weighted by Gasteiger charge is 2.42. The molecule has 2 rings (SSSR count). The maximum Gasteiger partial charge on any atom is 0.335 e. The normalized spacial score (nSPS) is 16.7. The van der Waals surface area contributed by atoms with E-state index in [0.717, 1.165) is 25.0 Å². The van der Waals surface area contributed by atoms with Crippen LogP contribution in [0, 0.1) is 12.7 Å². The summed E-state index contributed by atoms with van der Waals surface area (Å²) in [5.74, 6) is -2.21. The molecular formula is C13H16FNO4S2. The van der Waals surface area contributed by atoms with E-state index in [4.69, 9.17) is 5.11 Å². The molecule has 0 aromatic heterocycles. The molecule has 1 aromatic carbocycles. The number of carboxylic acid groups (broad SMARTS) is 1. The molecule has 1 aliphatic rings. The van der Waals surface area contributed by atoms with Crippen molar-refractivity contribution in [2.45, 2.75) is 29.4 Å². The fourth-order valence-corrected chi connectivity index (χ4v) is 4.18. The molecule has 1 aromatic rings. The second-order valence-electron chi connectivity index (χ2n) is 5.10. The van der Waals surface area contributed by atoms with E-state index in [1.165, 1.54) is 6.92 Å². The molecule has 2 N–H and O–H groups in total. The molecule has 1 aliphatic carbocycles. The van der Waals surface area contributed by atoms with Crippen LogP contribution < -0.4 is 4.72 Å². The SMILES string of the molecule is CSC1(CNS(=O)(=O)c2cc(C(=O)O)cc(F)c2C)CC1. The van der Waals surface area contributed by atoms with Gasteiger partial charge in [-0.05, 0) is 38.2 Å². The number of benzene rings is 1. The molecule has 0 saturated heterocycles. The Hall–Kier alpha value is -1.12. The Balaban J connectivity index is 2.33. The van der Waals surface area contributed by atoms with E-state index in [1.807, 2.05) is 6.26 Å². The molecule has 0 radical (unpaired) electrons. The first-order valence-corrected chi connectivity index (χ1v) is 9.00. The van der Waals surface area contributed by atoms with Crippen molar-refractivity contribution in [3.8, 4) is 0 Å². The summed E-state index contributed by atoms with van der Waals surface area (Å²) in [6, 6.07) is 1.81. The largest absolute Gasteiger partial charge is 0.478 e. The van der Waals surface area contributed by atoms with Crippen LogP contribution in [-0.2, 0) is 10.0 Å². The zero-order valence-corrected chi connectivity index (χ0v) is 13.3. The van der Waals surface area contributed by atoms with E-state index in [1.54, 1.807) is 11.8 Å². The average molecular weight is 333 g/mol. The number of hydrogen-bond donors (Lipinski definition) is 2. The van der Waals surface area contributed by atoms with Crippen LogP contribution >= 0.6 is 11.8 Å². The minimum atomic E-state index is -3.94. The van der Waals surface area contributed by atoms with Crippen LogP contribution in [0.2, 0.25) is 0 Å². The predicted molar refractivity (Wildman–Crippen MR) is 78.8 cm³/mol. The van der Waals surface area contributed by atoms with Gasteiger partial charge in [0.05, 0.1) is 10.5 Å². The van der Waals surface area contributed by atoms with Crippen molar-refractivity contribution >= 4 is 27.8 Å². The Morgan fingerprint density at radius 2 is 2.10 bits per heavy atom. The van der Waals surface area contributed by atoms with Gasteiger partial charge in [-0.15, -0.1) is 0 Å². The quantitative estimate of drug-likeness (QED) is 0.832. The Labute approximate surface area is 127 Å². The van der Waals surface area contributed by atoms with Gasteiger partial charge in [0, 0.05) is 16.9 Å². The summed E-state index contributed by atoms with van der Waals surface area (Å²) in [5, 5.41) is 8.91. The number of halogens is 1. The fourth-order valence-electron chi connectivity index (χ4n) is 1.95. The molecule has 116 valence electrons. The number of aromatic carboxylic acids is 1. The molecule has 0 unspecified atom stereocenters. The Morgan fingerprint density at radius 1 is 1.48 bits per heavy atom. The van der Waals surface area contributed by atoms with E-state index in [-0.39, 0.29) is 27.3 Å². The van der Waals surface area contributed by atoms with E-state index >= 15 is 0 Å². The van der Waals surface area contributed by atoms with Crippen LogP contribution in [0.4, 0.5) is 4.39 Å². The van der Waals surface area contributed by atoms with Gasteiger partial charge in [-0.3, -0.25) is 0 Å². The lowest BCUT2D eigenvalue weighted by molar-refractivity contribution is 0.0696. The van der Waals surface area contributed by atoms with Crippen LogP contribution in [-0.4, -0.2) is 37.0 Å². The lowest BCUT2D eigenvalue weighted by atomic mass is 10.1. The van der Waals surface area contributed by atoms with E-state index < -0.39 is 21.8 Å². The van der Waals surface area contributed by atoms with Crippen molar-refractivity contribution in [2.75, 3.05) is 12.8 Å². The van der Waals surface area contributed by atoms with Crippen LogP contribution in [0.3, 0.4) is 0 Å². The highest BCUT2D eigenvalue weighted by atomic mass is 32.2. The predicted octanol–water partition coefficient (Wildman–Crippen LogP) is 2.01. The third kappa shape index (κ3) is 3.38. The number of sulfonamides is 1. The third-order valence-corrected chi connectivity index (χ3v) is 6.60. The van der Waals surface area contributed by atoms with Gasteiger partial charge in [-0.25, -0.2) is 22.3 Å². The molecule has 8 heteroatoms. The van der Waals surface area contributed by atoms with Crippen LogP contribution in [0.15, 0.2) is 17.0 Å². The van der Waals surface area contributed by atoms with Gasteiger partial charge < -0.3 is 5.11 Å². The summed E-state index contributed by atoms with van der Waals surface area (Å²) >= 11 is 1.59. The minimum absolute atomic E-state index is 0.0794. The first kappa shape index (κ1) is 16.3. The summed E-state index contributed by atoms with van der Waals surface area (Å²) in [6.07, 6.45) is 3.77. The summed E-state index contributed by atoms with van der Waals surface area (Å²) < 4.78 is 40.7. The highest BCUT2D eigenvalue weighted by Crippen LogP contribution is 2.46. The molecule has 0 aliphatic heterocycles. The van der Waals surface area contributed by atoms with Gasteiger partial charge in [0.15, 0.2) is 0 Å². The van der Waals surface area contributed by atoms with Gasteiger partial charge in [0.2, 0.25) is 10.0 Å². The van der Waals surface area contributed by atoms with Crippen molar-refractivity contribution in [2.24, 2.45) is 0 Å². The molecular weight excluding hydrogens is 317 g/mol. The van der Waals surface area contributed by atoms with Crippen molar-refractivity contribution in [1.82, 2.24) is 4.72 Å². The van der Waals surface area contributed by atoms with Gasteiger partial charge in [-0.2, -0.15) is 11.8 Å². The molecule has 0 spiro atoms. The zero-order chi connectivity index (χ0) is 15.8. The molecule has 1 saturated carbocycles. The number of nitrogens with one attached hydrogen (secondary N) is 1. The van der Waals surface area contributed by atoms with Gasteiger partial charge in [0.1, 0.15) is 5.82 Å². The number of thioether (sulfide) groups is 1. The van der Waals surface area contributed by atoms with E-state index in [0.29, 0.717) is 0 Å². The Morgan fingerprint density at radius 3 is 2.57 bits per heavy atom. The van der Waals surface area contributed by atoms with Crippen molar-refractivity contribution < 1.29 is 22.7 Å². The van der Waals surface area contributed by atoms with E-state index in [9.17, 15) is 17.6 Å². The second-order valence-corrected chi connectivity index (χ2v) is 8.11. The van der Waals surface area contributed by atoms with Crippen LogP contribution in [0.25, 0.3) is 0 Å². The number of rotatable bonds is 6. The molecule has 0 heterocycles. The Bertz CT molecular complexity index is 684. The monoisotopic (exact) mass is 333 g/mol. The minimum Gasteiger partial charge on any atom is -0.478 e. The third-order valence-electron chi connectivity index (χ3n) is 3.66. The number of carboxylic acids is 1. The molecule has 0 bridgehead atoms. The van der Waals surface area contributed by atoms with Crippen LogP contribution in [0.5, 0.6) is 0 Å². The first-order chi connectivity index (χ1) is 9.71. The highest BCUT2D eigenvalue weighted by molar-refractivity contribution is 8.00. The molecule has 21 heavy (non-hydrogen) atoms. The van der Waals surface area contributed by atoms with E-state index in [2.05, 4.69) is 4.72 Å². The Kier molecular flexibility index (Phi) is 4.32. The maximum atomic E-state index is 13.7. The lowest BCUT2D eigenvalue weighted by Crippen LogP contribution is -2.32. The standard InChI is InChI=1S/C13H16FNO4S2/c1-8-10(14)5-9(12(16)17)6-11(8)21(18,19)15-7-13(20-2)3-4-13/h5-6,15H,3-4,7H2,1-2H3,(H,16,17). The number of hydrogen-bond acceptors (Lipinski definition) is 4. The first-order valence-electron chi connectivity index (χ1n) is 6.29. The second kappa shape index (κ2) is 5.58. The van der Waals surface area contributed by atoms with Gasteiger partial charge in [0.25, 0.3) is 0 Å². The average Bonchev–Trinajstić information content (AvgIpc) is 3.20. The van der Waals surface area contributed by atoms with Crippen LogP contribution in [0.1, 0.15) is 28.8 Å². The topological polar surface area (TPSA) is 83.5 Å². The maximum absolute atomic E-state index is 13.7. The van der Waals surface area contributed by atoms with Crippen molar-refractivity contribution in [3.63, 3.8) is 0 Å². The zero-order valence-electron chi connectivity index (χ0n) is 11.6. The van der Waals surface area contributed by atoms with Crippen molar-refractivity contribution in [1.29, 1.82) is 0 Å². The van der Waals surface area contributed by atoms with Gasteiger partial charge >= 0.3 is 5.97 Å². The molecule has 0 atom stereocenters.